The Hall–Kier alpha value is -1.09. The third-order valence-corrected chi connectivity index (χ3v) is 2.25. The third kappa shape index (κ3) is 3.42. The van der Waals surface area contributed by atoms with Crippen molar-refractivity contribution in [1.29, 1.82) is 0 Å². The Morgan fingerprint density at radius 3 is 2.54 bits per heavy atom. The minimum Gasteiger partial charge on any atom is -0.292 e. The second kappa shape index (κ2) is 4.82. The maximum absolute atomic E-state index is 12.7. The van der Waals surface area contributed by atoms with Gasteiger partial charge in [0.15, 0.2) is 11.6 Å². The molecule has 1 rings (SSSR count). The zero-order chi connectivity index (χ0) is 9.68. The van der Waals surface area contributed by atoms with Crippen LogP contribution in [0.2, 0.25) is 0 Å². The molecule has 0 aromatic heterocycles. The zero-order valence-electron chi connectivity index (χ0n) is 7.16. The summed E-state index contributed by atoms with van der Waals surface area (Å²) in [5.41, 5.74) is 0. The van der Waals surface area contributed by atoms with Crippen LogP contribution in [0, 0.1) is 0 Å². The summed E-state index contributed by atoms with van der Waals surface area (Å²) in [6.07, 6.45) is 0. The van der Waals surface area contributed by atoms with E-state index in [2.05, 4.69) is 0 Å². The van der Waals surface area contributed by atoms with E-state index in [-0.39, 0.29) is 0 Å². The van der Waals surface area contributed by atoms with Crippen molar-refractivity contribution in [1.82, 2.24) is 0 Å². The molecule has 1 nitrogen and oxygen atoms in total. The molecule has 0 spiro atoms. The van der Waals surface area contributed by atoms with Crippen LogP contribution in [0.1, 0.15) is 6.92 Å². The number of hydrogen-bond acceptors (Lipinski definition) is 2. The van der Waals surface area contributed by atoms with Gasteiger partial charge in [-0.2, -0.15) is 0 Å². The molecule has 0 heterocycles. The molecule has 0 bridgehead atoms. The quantitative estimate of drug-likeness (QED) is 0.545. The summed E-state index contributed by atoms with van der Waals surface area (Å²) in [7, 11) is 0. The second-order valence-corrected chi connectivity index (χ2v) is 3.40. The van der Waals surface area contributed by atoms with Gasteiger partial charge in [-0.15, -0.1) is 0 Å². The molecule has 68 valence electrons. The van der Waals surface area contributed by atoms with Gasteiger partial charge in [0, 0.05) is 17.2 Å². The lowest BCUT2D eigenvalue weighted by molar-refractivity contribution is -0.114. The van der Waals surface area contributed by atoms with Crippen molar-refractivity contribution >= 4 is 17.5 Å². The van der Waals surface area contributed by atoms with Crippen LogP contribution in [0.25, 0.3) is 0 Å². The number of ketones is 1. The Morgan fingerprint density at radius 2 is 2.00 bits per heavy atom. The van der Waals surface area contributed by atoms with Gasteiger partial charge in [0.1, 0.15) is 0 Å². The molecule has 0 fully saturated rings. The van der Waals surface area contributed by atoms with Crippen LogP contribution in [0.3, 0.4) is 0 Å². The fourth-order valence-corrected chi connectivity index (χ4v) is 1.42. The van der Waals surface area contributed by atoms with E-state index in [9.17, 15) is 9.18 Å². The van der Waals surface area contributed by atoms with E-state index in [4.69, 9.17) is 0 Å². The third-order valence-electron chi connectivity index (χ3n) is 1.38. The molecule has 0 N–H and O–H groups in total. The van der Waals surface area contributed by atoms with E-state index in [1.165, 1.54) is 24.1 Å². The molecular weight excluding hydrogens is 187 g/mol. The zero-order valence-corrected chi connectivity index (χ0v) is 7.98. The highest BCUT2D eigenvalue weighted by Crippen LogP contribution is 2.20. The molecule has 0 unspecified atom stereocenters. The number of thioether (sulfide) groups is 1. The van der Waals surface area contributed by atoms with Gasteiger partial charge in [-0.25, -0.2) is 4.39 Å². The normalized spacial score (nSPS) is 11.4. The molecule has 1 aromatic rings. The number of allylic oxidation sites excluding steroid dienone is 1. The summed E-state index contributed by atoms with van der Waals surface area (Å²) in [4.78, 5) is 11.4. The molecule has 0 saturated carbocycles. The molecule has 13 heavy (non-hydrogen) atoms. The molecule has 0 aliphatic rings. The van der Waals surface area contributed by atoms with E-state index in [1.807, 2.05) is 30.3 Å². The van der Waals surface area contributed by atoms with Gasteiger partial charge in [-0.3, -0.25) is 4.79 Å². The summed E-state index contributed by atoms with van der Waals surface area (Å²) in [6, 6.07) is 9.32. The maximum atomic E-state index is 12.7. The number of Topliss-reactive ketones (excluding diaryl/α,β-unsaturated/α-hetero) is 1. The Kier molecular flexibility index (Phi) is 3.71. The van der Waals surface area contributed by atoms with Crippen molar-refractivity contribution in [2.45, 2.75) is 11.8 Å². The SMILES string of the molecule is CC(=O)/C(F)=C/Sc1ccccc1. The Morgan fingerprint density at radius 1 is 1.38 bits per heavy atom. The number of benzene rings is 1. The predicted molar refractivity (Wildman–Crippen MR) is 52.2 cm³/mol. The number of carbonyl (C=O) groups is 1. The number of rotatable bonds is 3. The van der Waals surface area contributed by atoms with Crippen molar-refractivity contribution in [3.05, 3.63) is 41.6 Å². The second-order valence-electron chi connectivity index (χ2n) is 2.45. The number of carbonyl (C=O) groups excluding carboxylic acids is 1. The molecule has 0 aliphatic heterocycles. The Labute approximate surface area is 80.7 Å². The Balaban J connectivity index is 2.62. The van der Waals surface area contributed by atoms with Crippen molar-refractivity contribution in [3.8, 4) is 0 Å². The van der Waals surface area contributed by atoms with Gasteiger partial charge in [0.05, 0.1) is 0 Å². The van der Waals surface area contributed by atoms with Crippen LogP contribution in [-0.4, -0.2) is 5.78 Å². The maximum Gasteiger partial charge on any atom is 0.188 e. The fourth-order valence-electron chi connectivity index (χ4n) is 0.702. The first-order chi connectivity index (χ1) is 6.20. The summed E-state index contributed by atoms with van der Waals surface area (Å²) in [5.74, 6) is -1.24. The van der Waals surface area contributed by atoms with E-state index in [0.717, 1.165) is 4.90 Å². The largest absolute Gasteiger partial charge is 0.292 e. The molecule has 3 heteroatoms. The van der Waals surface area contributed by atoms with Crippen LogP contribution in [0.5, 0.6) is 0 Å². The lowest BCUT2D eigenvalue weighted by atomic mass is 10.4. The van der Waals surface area contributed by atoms with Crippen molar-refractivity contribution in [3.63, 3.8) is 0 Å². The standard InChI is InChI=1S/C10H9FOS/c1-8(12)10(11)7-13-9-5-3-2-4-6-9/h2-7H,1H3/b10-7-. The smallest absolute Gasteiger partial charge is 0.188 e. The number of hydrogen-bond donors (Lipinski definition) is 0. The number of halogens is 1. The van der Waals surface area contributed by atoms with Crippen molar-refractivity contribution in [2.24, 2.45) is 0 Å². The first-order valence-corrected chi connectivity index (χ1v) is 4.66. The van der Waals surface area contributed by atoms with Crippen LogP contribution in [-0.2, 0) is 4.79 Å². The highest BCUT2D eigenvalue weighted by Gasteiger charge is 2.00. The lowest BCUT2D eigenvalue weighted by Gasteiger charge is -1.94. The summed E-state index contributed by atoms with van der Waals surface area (Å²) >= 11 is 1.20. The Bertz CT molecular complexity index is 319. The van der Waals surface area contributed by atoms with E-state index < -0.39 is 11.6 Å². The highest BCUT2D eigenvalue weighted by atomic mass is 32.2. The molecule has 0 radical (unpaired) electrons. The van der Waals surface area contributed by atoms with Gasteiger partial charge < -0.3 is 0 Å². The van der Waals surface area contributed by atoms with E-state index in [0.29, 0.717) is 0 Å². The molecular formula is C10H9FOS. The monoisotopic (exact) mass is 196 g/mol. The van der Waals surface area contributed by atoms with Gasteiger partial charge >= 0.3 is 0 Å². The van der Waals surface area contributed by atoms with Crippen LogP contribution in [0.4, 0.5) is 4.39 Å². The molecule has 1 aromatic carbocycles. The molecule has 0 atom stereocenters. The summed E-state index contributed by atoms with van der Waals surface area (Å²) in [6.45, 7) is 1.21. The fraction of sp³-hybridized carbons (Fsp3) is 0.100. The first kappa shape index (κ1) is 9.99. The molecule has 0 saturated heterocycles. The lowest BCUT2D eigenvalue weighted by Crippen LogP contribution is -1.87. The minimum absolute atomic E-state index is 0.538. The van der Waals surface area contributed by atoms with Gasteiger partial charge in [0.25, 0.3) is 0 Å². The summed E-state index contributed by atoms with van der Waals surface area (Å²) < 4.78 is 12.7. The van der Waals surface area contributed by atoms with Gasteiger partial charge in [0.2, 0.25) is 0 Å². The first-order valence-electron chi connectivity index (χ1n) is 3.78. The van der Waals surface area contributed by atoms with Crippen LogP contribution < -0.4 is 0 Å². The van der Waals surface area contributed by atoms with Crippen LogP contribution in [0.15, 0.2) is 46.5 Å². The minimum atomic E-state index is -0.700. The van der Waals surface area contributed by atoms with E-state index >= 15 is 0 Å². The average molecular weight is 196 g/mol. The van der Waals surface area contributed by atoms with Gasteiger partial charge in [-0.1, -0.05) is 30.0 Å². The topological polar surface area (TPSA) is 17.1 Å². The molecule has 0 amide bonds. The van der Waals surface area contributed by atoms with E-state index in [1.54, 1.807) is 0 Å². The van der Waals surface area contributed by atoms with Gasteiger partial charge in [-0.05, 0) is 12.1 Å². The predicted octanol–water partition coefficient (Wildman–Crippen LogP) is 3.18. The molecule has 0 aliphatic carbocycles. The highest BCUT2D eigenvalue weighted by molar-refractivity contribution is 8.02. The van der Waals surface area contributed by atoms with Crippen molar-refractivity contribution < 1.29 is 9.18 Å². The van der Waals surface area contributed by atoms with Crippen LogP contribution >= 0.6 is 11.8 Å². The summed E-state index contributed by atoms with van der Waals surface area (Å²) in [5, 5.41) is 1.22. The average Bonchev–Trinajstić information content (AvgIpc) is 2.15. The van der Waals surface area contributed by atoms with Crippen molar-refractivity contribution in [2.75, 3.05) is 0 Å².